The third kappa shape index (κ3) is 7.56. The molecule has 1 fully saturated rings. The van der Waals surface area contributed by atoms with Crippen LogP contribution in [-0.2, 0) is 0 Å². The summed E-state index contributed by atoms with van der Waals surface area (Å²) in [5.74, 6) is -1.26. The Hall–Kier alpha value is -3.01. The molecule has 1 aliphatic carbocycles. The van der Waals surface area contributed by atoms with Crippen molar-refractivity contribution in [3.63, 3.8) is 0 Å². The maximum atomic E-state index is 15.1. The molecule has 4 rings (SSSR count). The van der Waals surface area contributed by atoms with E-state index in [1.54, 1.807) is 36.4 Å². The molecule has 0 aliphatic heterocycles. The van der Waals surface area contributed by atoms with Crippen LogP contribution in [0, 0.1) is 23.4 Å². The van der Waals surface area contributed by atoms with Crippen molar-refractivity contribution >= 4 is 0 Å². The molecule has 39 heavy (non-hydrogen) atoms. The van der Waals surface area contributed by atoms with Gasteiger partial charge in [0.25, 0.3) is 0 Å². The molecule has 3 aromatic rings. The van der Waals surface area contributed by atoms with Gasteiger partial charge in [-0.1, -0.05) is 87.9 Å². The van der Waals surface area contributed by atoms with Crippen LogP contribution in [-0.4, -0.2) is 6.61 Å². The summed E-state index contributed by atoms with van der Waals surface area (Å²) < 4.78 is 50.3. The lowest BCUT2D eigenvalue weighted by atomic mass is 9.78. The van der Waals surface area contributed by atoms with Crippen LogP contribution in [0.25, 0.3) is 22.3 Å². The summed E-state index contributed by atoms with van der Waals surface area (Å²) in [7, 11) is 0. The highest BCUT2D eigenvalue weighted by Gasteiger charge is 2.22. The van der Waals surface area contributed by atoms with Crippen LogP contribution in [0.4, 0.5) is 13.2 Å². The standard InChI is InChI=1S/C35H41F3O/c1-3-5-6-7-8-9-10-23-39-33-22-21-31(34(37)35(33)38)28-17-15-27(16-18-28)30-20-19-29(24-32(30)36)26-13-11-25(4-2)12-14-26/h4,15-22,24-26H,2-3,5-14,23H2,1H3. The van der Waals surface area contributed by atoms with Crippen molar-refractivity contribution in [3.05, 3.63) is 90.3 Å². The van der Waals surface area contributed by atoms with E-state index in [9.17, 15) is 8.78 Å². The predicted molar refractivity (Wildman–Crippen MR) is 156 cm³/mol. The topological polar surface area (TPSA) is 9.23 Å². The van der Waals surface area contributed by atoms with Crippen LogP contribution in [0.5, 0.6) is 5.75 Å². The van der Waals surface area contributed by atoms with Gasteiger partial charge in [0.2, 0.25) is 5.82 Å². The highest BCUT2D eigenvalue weighted by molar-refractivity contribution is 5.71. The fourth-order valence-corrected chi connectivity index (χ4v) is 5.64. The summed E-state index contributed by atoms with van der Waals surface area (Å²) in [4.78, 5) is 0. The maximum absolute atomic E-state index is 15.1. The van der Waals surface area contributed by atoms with Gasteiger partial charge in [-0.3, -0.25) is 0 Å². The van der Waals surface area contributed by atoms with Gasteiger partial charge in [-0.2, -0.15) is 4.39 Å². The van der Waals surface area contributed by atoms with Crippen molar-refractivity contribution in [3.8, 4) is 28.0 Å². The number of benzene rings is 3. The van der Waals surface area contributed by atoms with Gasteiger partial charge in [0, 0.05) is 11.1 Å². The second-order valence-corrected chi connectivity index (χ2v) is 10.9. The minimum Gasteiger partial charge on any atom is -0.490 e. The minimum atomic E-state index is -0.969. The molecule has 3 aromatic carbocycles. The molecule has 1 nitrogen and oxygen atoms in total. The average Bonchev–Trinajstić information content (AvgIpc) is 2.97. The first-order valence-corrected chi connectivity index (χ1v) is 14.7. The zero-order chi connectivity index (χ0) is 27.6. The summed E-state index contributed by atoms with van der Waals surface area (Å²) in [6.45, 7) is 6.47. The zero-order valence-electron chi connectivity index (χ0n) is 23.2. The Kier molecular flexibility index (Phi) is 10.7. The molecule has 0 atom stereocenters. The van der Waals surface area contributed by atoms with Gasteiger partial charge in [-0.05, 0) is 78.8 Å². The van der Waals surface area contributed by atoms with Gasteiger partial charge in [-0.15, -0.1) is 6.58 Å². The van der Waals surface area contributed by atoms with Crippen molar-refractivity contribution in [2.45, 2.75) is 83.5 Å². The van der Waals surface area contributed by atoms with Gasteiger partial charge in [0.05, 0.1) is 6.61 Å². The number of halogens is 3. The first kappa shape index (κ1) is 29.0. The first-order valence-electron chi connectivity index (χ1n) is 14.7. The molecule has 1 saturated carbocycles. The van der Waals surface area contributed by atoms with Gasteiger partial charge in [-0.25, -0.2) is 8.78 Å². The Morgan fingerprint density at radius 1 is 0.744 bits per heavy atom. The summed E-state index contributed by atoms with van der Waals surface area (Å²) in [6.07, 6.45) is 14.3. The Morgan fingerprint density at radius 2 is 1.36 bits per heavy atom. The molecule has 1 aliphatic rings. The minimum absolute atomic E-state index is 0.0565. The number of hydrogen-bond donors (Lipinski definition) is 0. The summed E-state index contributed by atoms with van der Waals surface area (Å²) in [5.41, 5.74) is 2.94. The summed E-state index contributed by atoms with van der Waals surface area (Å²) >= 11 is 0. The first-order chi connectivity index (χ1) is 19.0. The highest BCUT2D eigenvalue weighted by Crippen LogP contribution is 2.38. The van der Waals surface area contributed by atoms with Gasteiger partial charge in [0.1, 0.15) is 5.82 Å². The molecule has 0 unspecified atom stereocenters. The van der Waals surface area contributed by atoms with Crippen LogP contribution in [0.3, 0.4) is 0 Å². The van der Waals surface area contributed by atoms with Crippen LogP contribution >= 0.6 is 0 Å². The van der Waals surface area contributed by atoms with E-state index in [-0.39, 0.29) is 17.1 Å². The number of unbranched alkanes of at least 4 members (excludes halogenated alkanes) is 6. The number of hydrogen-bond acceptors (Lipinski definition) is 1. The van der Waals surface area contributed by atoms with Crippen molar-refractivity contribution in [1.82, 2.24) is 0 Å². The third-order valence-electron chi connectivity index (χ3n) is 8.13. The molecule has 0 heterocycles. The molecule has 0 aromatic heterocycles. The fourth-order valence-electron chi connectivity index (χ4n) is 5.64. The molecule has 0 radical (unpaired) electrons. The molecule has 0 spiro atoms. The monoisotopic (exact) mass is 534 g/mol. The number of ether oxygens (including phenoxy) is 1. The quantitative estimate of drug-likeness (QED) is 0.156. The van der Waals surface area contributed by atoms with Crippen LogP contribution in [0.15, 0.2) is 67.3 Å². The maximum Gasteiger partial charge on any atom is 0.201 e. The van der Waals surface area contributed by atoms with Crippen molar-refractivity contribution in [2.24, 2.45) is 5.92 Å². The van der Waals surface area contributed by atoms with Crippen molar-refractivity contribution in [2.75, 3.05) is 6.61 Å². The Bertz CT molecular complexity index is 1210. The lowest BCUT2D eigenvalue weighted by molar-refractivity contribution is 0.285. The second-order valence-electron chi connectivity index (χ2n) is 10.9. The lowest BCUT2D eigenvalue weighted by Gasteiger charge is -2.27. The Balaban J connectivity index is 1.37. The zero-order valence-corrected chi connectivity index (χ0v) is 23.2. The normalized spacial score (nSPS) is 17.2. The van der Waals surface area contributed by atoms with Crippen molar-refractivity contribution < 1.29 is 17.9 Å². The second kappa shape index (κ2) is 14.4. The SMILES string of the molecule is C=CC1CCC(c2ccc(-c3ccc(-c4ccc(OCCCCCCCCC)c(F)c4F)cc3)c(F)c2)CC1. The molecule has 0 saturated heterocycles. The third-order valence-corrected chi connectivity index (χ3v) is 8.13. The Morgan fingerprint density at radius 3 is 2.00 bits per heavy atom. The predicted octanol–water partition coefficient (Wildman–Crippen LogP) is 11.0. The molecular formula is C35H41F3O. The summed E-state index contributed by atoms with van der Waals surface area (Å²) in [6, 6.07) is 15.5. The molecule has 0 amide bonds. The van der Waals surface area contributed by atoms with Crippen LogP contribution in [0.2, 0.25) is 0 Å². The molecule has 208 valence electrons. The molecular weight excluding hydrogens is 493 g/mol. The lowest BCUT2D eigenvalue weighted by Crippen LogP contribution is -2.11. The number of allylic oxidation sites excluding steroid dienone is 1. The van der Waals surface area contributed by atoms with E-state index >= 15 is 4.39 Å². The van der Waals surface area contributed by atoms with Crippen molar-refractivity contribution in [1.29, 1.82) is 0 Å². The van der Waals surface area contributed by atoms with E-state index in [0.29, 0.717) is 35.1 Å². The van der Waals surface area contributed by atoms with Gasteiger partial charge >= 0.3 is 0 Å². The van der Waals surface area contributed by atoms with E-state index in [4.69, 9.17) is 4.74 Å². The fraction of sp³-hybridized carbons (Fsp3) is 0.429. The van der Waals surface area contributed by atoms with Gasteiger partial charge in [0.15, 0.2) is 11.6 Å². The average molecular weight is 535 g/mol. The van der Waals surface area contributed by atoms with Crippen LogP contribution in [0.1, 0.15) is 89.0 Å². The van der Waals surface area contributed by atoms with E-state index in [2.05, 4.69) is 13.5 Å². The van der Waals surface area contributed by atoms with Gasteiger partial charge < -0.3 is 4.74 Å². The van der Waals surface area contributed by atoms with E-state index in [1.165, 1.54) is 31.7 Å². The van der Waals surface area contributed by atoms with E-state index in [0.717, 1.165) is 50.5 Å². The molecule has 4 heteroatoms. The highest BCUT2D eigenvalue weighted by atomic mass is 19.2. The summed E-state index contributed by atoms with van der Waals surface area (Å²) in [5, 5.41) is 0. The smallest absolute Gasteiger partial charge is 0.201 e. The van der Waals surface area contributed by atoms with E-state index in [1.807, 2.05) is 18.2 Å². The number of rotatable bonds is 13. The molecule has 0 bridgehead atoms. The van der Waals surface area contributed by atoms with Crippen LogP contribution < -0.4 is 4.74 Å². The molecule has 0 N–H and O–H groups in total. The largest absolute Gasteiger partial charge is 0.490 e. The Labute approximate surface area is 232 Å². The van der Waals surface area contributed by atoms with E-state index < -0.39 is 11.6 Å².